The SMILES string of the molecule is O=C(c1nc2ccccn2c1-c1ccncc1)N1CCCC1. The molecular weight excluding hydrogens is 276 g/mol. The highest BCUT2D eigenvalue weighted by atomic mass is 16.2. The number of amides is 1. The molecule has 0 unspecified atom stereocenters. The van der Waals surface area contributed by atoms with Crippen LogP contribution in [-0.2, 0) is 0 Å². The van der Waals surface area contributed by atoms with Crippen LogP contribution in [0.1, 0.15) is 23.3 Å². The smallest absolute Gasteiger partial charge is 0.274 e. The number of carbonyl (C=O) groups excluding carboxylic acids is 1. The molecule has 0 aromatic carbocycles. The Bertz CT molecular complexity index is 819. The quantitative estimate of drug-likeness (QED) is 0.729. The molecular formula is C17H16N4O. The standard InChI is InChI=1S/C17H16N4O/c22-17(20-10-3-4-11-20)15-16(13-6-8-18-9-7-13)21-12-2-1-5-14(21)19-15/h1-2,5-9,12H,3-4,10-11H2. The molecule has 3 aromatic heterocycles. The molecule has 110 valence electrons. The number of imidazole rings is 1. The molecule has 22 heavy (non-hydrogen) atoms. The molecule has 3 aromatic rings. The first-order valence-electron chi connectivity index (χ1n) is 7.51. The van der Waals surface area contributed by atoms with Crippen molar-refractivity contribution in [2.45, 2.75) is 12.8 Å². The van der Waals surface area contributed by atoms with Gasteiger partial charge in [0.05, 0.1) is 5.69 Å². The zero-order valence-corrected chi connectivity index (χ0v) is 12.1. The van der Waals surface area contributed by atoms with Crippen molar-refractivity contribution < 1.29 is 4.79 Å². The lowest BCUT2D eigenvalue weighted by Gasteiger charge is -2.14. The van der Waals surface area contributed by atoms with E-state index in [1.807, 2.05) is 45.8 Å². The highest BCUT2D eigenvalue weighted by Gasteiger charge is 2.26. The van der Waals surface area contributed by atoms with Crippen molar-refractivity contribution in [2.24, 2.45) is 0 Å². The molecule has 0 saturated carbocycles. The maximum absolute atomic E-state index is 12.8. The molecule has 1 aliphatic heterocycles. The lowest BCUT2D eigenvalue weighted by Crippen LogP contribution is -2.28. The Kier molecular flexibility index (Phi) is 3.11. The second-order valence-corrected chi connectivity index (χ2v) is 5.47. The van der Waals surface area contributed by atoms with Crippen molar-refractivity contribution in [3.05, 3.63) is 54.6 Å². The number of pyridine rings is 2. The summed E-state index contributed by atoms with van der Waals surface area (Å²) in [5.41, 5.74) is 3.11. The first kappa shape index (κ1) is 13.0. The number of fused-ring (bicyclic) bond motifs is 1. The molecule has 0 radical (unpaired) electrons. The van der Waals surface area contributed by atoms with Crippen LogP contribution in [-0.4, -0.2) is 38.3 Å². The second kappa shape index (κ2) is 5.26. The Labute approximate surface area is 128 Å². The van der Waals surface area contributed by atoms with Gasteiger partial charge in [-0.25, -0.2) is 4.98 Å². The summed E-state index contributed by atoms with van der Waals surface area (Å²) in [5.74, 6) is 0.0213. The number of hydrogen-bond donors (Lipinski definition) is 0. The average Bonchev–Trinajstić information content (AvgIpc) is 3.22. The highest BCUT2D eigenvalue weighted by molar-refractivity contribution is 5.99. The molecule has 1 saturated heterocycles. The third-order valence-corrected chi connectivity index (χ3v) is 4.08. The van der Waals surface area contributed by atoms with Crippen LogP contribution < -0.4 is 0 Å². The van der Waals surface area contributed by atoms with E-state index in [1.54, 1.807) is 12.4 Å². The number of carbonyl (C=O) groups is 1. The van der Waals surface area contributed by atoms with Crippen molar-refractivity contribution in [3.63, 3.8) is 0 Å². The van der Waals surface area contributed by atoms with Gasteiger partial charge in [-0.05, 0) is 37.1 Å². The fourth-order valence-electron chi connectivity index (χ4n) is 3.00. The zero-order valence-electron chi connectivity index (χ0n) is 12.1. The fraction of sp³-hybridized carbons (Fsp3) is 0.235. The molecule has 0 spiro atoms. The number of nitrogens with zero attached hydrogens (tertiary/aromatic N) is 4. The van der Waals surface area contributed by atoms with E-state index in [0.717, 1.165) is 42.8 Å². The van der Waals surface area contributed by atoms with Gasteiger partial charge in [0.15, 0.2) is 5.69 Å². The Morgan fingerprint density at radius 3 is 2.59 bits per heavy atom. The number of rotatable bonds is 2. The molecule has 1 fully saturated rings. The van der Waals surface area contributed by atoms with Crippen molar-refractivity contribution in [2.75, 3.05) is 13.1 Å². The van der Waals surface area contributed by atoms with Crippen molar-refractivity contribution in [1.82, 2.24) is 19.3 Å². The average molecular weight is 292 g/mol. The molecule has 1 amide bonds. The van der Waals surface area contributed by atoms with E-state index in [2.05, 4.69) is 9.97 Å². The van der Waals surface area contributed by atoms with Crippen LogP contribution in [0.2, 0.25) is 0 Å². The van der Waals surface area contributed by atoms with Crippen LogP contribution in [0, 0.1) is 0 Å². The number of likely N-dealkylation sites (tertiary alicyclic amines) is 1. The molecule has 0 bridgehead atoms. The van der Waals surface area contributed by atoms with Gasteiger partial charge in [0.1, 0.15) is 5.65 Å². The molecule has 0 atom stereocenters. The molecule has 5 nitrogen and oxygen atoms in total. The minimum atomic E-state index is 0.0213. The molecule has 0 N–H and O–H groups in total. The van der Waals surface area contributed by atoms with Crippen LogP contribution in [0.5, 0.6) is 0 Å². The summed E-state index contributed by atoms with van der Waals surface area (Å²) in [7, 11) is 0. The van der Waals surface area contributed by atoms with Gasteiger partial charge in [-0.15, -0.1) is 0 Å². The largest absolute Gasteiger partial charge is 0.337 e. The Hall–Kier alpha value is -2.69. The first-order valence-corrected chi connectivity index (χ1v) is 7.51. The molecule has 0 aliphatic carbocycles. The van der Waals surface area contributed by atoms with E-state index >= 15 is 0 Å². The maximum atomic E-state index is 12.8. The van der Waals surface area contributed by atoms with Gasteiger partial charge in [0.2, 0.25) is 0 Å². The highest BCUT2D eigenvalue weighted by Crippen LogP contribution is 2.26. The van der Waals surface area contributed by atoms with E-state index < -0.39 is 0 Å². The van der Waals surface area contributed by atoms with Crippen LogP contribution in [0.4, 0.5) is 0 Å². The molecule has 5 heteroatoms. The van der Waals surface area contributed by atoms with Gasteiger partial charge >= 0.3 is 0 Å². The summed E-state index contributed by atoms with van der Waals surface area (Å²) >= 11 is 0. The van der Waals surface area contributed by atoms with Crippen LogP contribution >= 0.6 is 0 Å². The predicted octanol–water partition coefficient (Wildman–Crippen LogP) is 2.63. The fourth-order valence-corrected chi connectivity index (χ4v) is 3.00. The Morgan fingerprint density at radius 1 is 1.05 bits per heavy atom. The first-order chi connectivity index (χ1) is 10.8. The normalized spacial score (nSPS) is 14.6. The lowest BCUT2D eigenvalue weighted by molar-refractivity contribution is 0.0788. The van der Waals surface area contributed by atoms with Gasteiger partial charge in [0.25, 0.3) is 5.91 Å². The summed E-state index contributed by atoms with van der Waals surface area (Å²) in [4.78, 5) is 23.4. The van der Waals surface area contributed by atoms with E-state index in [1.165, 1.54) is 0 Å². The maximum Gasteiger partial charge on any atom is 0.274 e. The number of aromatic nitrogens is 3. The van der Waals surface area contributed by atoms with Crippen LogP contribution in [0.3, 0.4) is 0 Å². The Balaban J connectivity index is 1.92. The van der Waals surface area contributed by atoms with Crippen LogP contribution in [0.25, 0.3) is 16.9 Å². The van der Waals surface area contributed by atoms with E-state index in [0.29, 0.717) is 5.69 Å². The third-order valence-electron chi connectivity index (χ3n) is 4.08. The minimum Gasteiger partial charge on any atom is -0.337 e. The summed E-state index contributed by atoms with van der Waals surface area (Å²) in [6.45, 7) is 1.64. The molecule has 4 rings (SSSR count). The molecule has 4 heterocycles. The van der Waals surface area contributed by atoms with Gasteiger partial charge in [-0.1, -0.05) is 6.07 Å². The zero-order chi connectivity index (χ0) is 14.9. The monoisotopic (exact) mass is 292 g/mol. The van der Waals surface area contributed by atoms with Crippen molar-refractivity contribution in [3.8, 4) is 11.3 Å². The minimum absolute atomic E-state index is 0.0213. The van der Waals surface area contributed by atoms with Gasteiger partial charge in [0, 0.05) is 37.2 Å². The van der Waals surface area contributed by atoms with Crippen molar-refractivity contribution in [1.29, 1.82) is 0 Å². The Morgan fingerprint density at radius 2 is 1.82 bits per heavy atom. The third kappa shape index (κ3) is 2.06. The van der Waals surface area contributed by atoms with Gasteiger partial charge in [-0.3, -0.25) is 14.2 Å². The summed E-state index contributed by atoms with van der Waals surface area (Å²) in [6, 6.07) is 9.63. The predicted molar refractivity (Wildman–Crippen MR) is 83.6 cm³/mol. The molecule has 1 aliphatic rings. The topological polar surface area (TPSA) is 50.5 Å². The van der Waals surface area contributed by atoms with Gasteiger partial charge < -0.3 is 4.90 Å². The van der Waals surface area contributed by atoms with Crippen LogP contribution in [0.15, 0.2) is 48.9 Å². The van der Waals surface area contributed by atoms with E-state index in [9.17, 15) is 4.79 Å². The van der Waals surface area contributed by atoms with E-state index in [-0.39, 0.29) is 5.91 Å². The lowest BCUT2D eigenvalue weighted by atomic mass is 10.1. The summed E-state index contributed by atoms with van der Waals surface area (Å²) < 4.78 is 1.97. The van der Waals surface area contributed by atoms with Crippen molar-refractivity contribution >= 4 is 11.6 Å². The summed E-state index contributed by atoms with van der Waals surface area (Å²) in [5, 5.41) is 0. The van der Waals surface area contributed by atoms with E-state index in [4.69, 9.17) is 0 Å². The second-order valence-electron chi connectivity index (χ2n) is 5.47. The number of hydrogen-bond acceptors (Lipinski definition) is 3. The van der Waals surface area contributed by atoms with Gasteiger partial charge in [-0.2, -0.15) is 0 Å². The summed E-state index contributed by atoms with van der Waals surface area (Å²) in [6.07, 6.45) is 7.57.